The Balaban J connectivity index is 2.17. The Labute approximate surface area is 116 Å². The second kappa shape index (κ2) is 7.58. The van der Waals surface area contributed by atoms with E-state index in [4.69, 9.17) is 18.9 Å². The van der Waals surface area contributed by atoms with Gasteiger partial charge in [0.15, 0.2) is 6.29 Å². The van der Waals surface area contributed by atoms with Crippen LogP contribution in [0.15, 0.2) is 0 Å². The molecule has 112 valence electrons. The minimum atomic E-state index is -0.145. The molecule has 2 fully saturated rings. The third-order valence-electron chi connectivity index (χ3n) is 4.65. The molecule has 1 saturated heterocycles. The van der Waals surface area contributed by atoms with E-state index in [1.807, 2.05) is 0 Å². The molecule has 1 heterocycles. The molecule has 0 aromatic heterocycles. The summed E-state index contributed by atoms with van der Waals surface area (Å²) >= 11 is 0. The Bertz CT molecular complexity index is 259. The largest absolute Gasteiger partial charge is 0.384 e. The van der Waals surface area contributed by atoms with Crippen molar-refractivity contribution in [1.29, 1.82) is 0 Å². The average Bonchev–Trinajstić information content (AvgIpc) is 2.75. The fraction of sp³-hybridized carbons (Fsp3) is 1.00. The molecule has 2 aliphatic rings. The van der Waals surface area contributed by atoms with Crippen LogP contribution in [0.3, 0.4) is 0 Å². The number of hydrogen-bond acceptors (Lipinski definition) is 4. The van der Waals surface area contributed by atoms with Gasteiger partial charge in [-0.3, -0.25) is 0 Å². The minimum absolute atomic E-state index is 0.145. The molecule has 19 heavy (non-hydrogen) atoms. The maximum atomic E-state index is 6.12. The van der Waals surface area contributed by atoms with Gasteiger partial charge in [0.05, 0.1) is 18.8 Å². The van der Waals surface area contributed by atoms with Gasteiger partial charge in [-0.15, -0.1) is 0 Å². The van der Waals surface area contributed by atoms with Gasteiger partial charge in [-0.2, -0.15) is 0 Å². The van der Waals surface area contributed by atoms with Crippen LogP contribution in [0, 0.1) is 11.8 Å². The molecule has 1 aliphatic carbocycles. The van der Waals surface area contributed by atoms with Crippen LogP contribution < -0.4 is 0 Å². The van der Waals surface area contributed by atoms with Crippen LogP contribution in [-0.2, 0) is 18.9 Å². The van der Waals surface area contributed by atoms with Gasteiger partial charge in [-0.1, -0.05) is 25.7 Å². The number of methoxy groups -OCH3 is 3. The van der Waals surface area contributed by atoms with Gasteiger partial charge in [0.1, 0.15) is 0 Å². The van der Waals surface area contributed by atoms with Crippen LogP contribution in [0.1, 0.15) is 38.5 Å². The van der Waals surface area contributed by atoms with E-state index < -0.39 is 0 Å². The quantitative estimate of drug-likeness (QED) is 0.788. The first kappa shape index (κ1) is 15.2. The van der Waals surface area contributed by atoms with Gasteiger partial charge in [-0.05, 0) is 12.8 Å². The normalized spacial score (nSPS) is 40.3. The van der Waals surface area contributed by atoms with Crippen LogP contribution in [0.5, 0.6) is 0 Å². The summed E-state index contributed by atoms with van der Waals surface area (Å²) in [5.74, 6) is 0.677. The molecular weight excluding hydrogens is 244 g/mol. The molecule has 5 atom stereocenters. The topological polar surface area (TPSA) is 36.9 Å². The lowest BCUT2D eigenvalue weighted by molar-refractivity contribution is -0.150. The third kappa shape index (κ3) is 3.48. The zero-order chi connectivity index (χ0) is 13.7. The van der Waals surface area contributed by atoms with Crippen molar-refractivity contribution in [2.45, 2.75) is 57.0 Å². The first-order valence-corrected chi connectivity index (χ1v) is 7.51. The predicted molar refractivity (Wildman–Crippen MR) is 73.0 cm³/mol. The molecule has 0 amide bonds. The Morgan fingerprint density at radius 3 is 2.32 bits per heavy atom. The molecule has 4 nitrogen and oxygen atoms in total. The van der Waals surface area contributed by atoms with Crippen LogP contribution in [-0.4, -0.2) is 46.4 Å². The van der Waals surface area contributed by atoms with Crippen LogP contribution in [0.4, 0.5) is 0 Å². The number of rotatable bonds is 4. The van der Waals surface area contributed by atoms with E-state index in [-0.39, 0.29) is 24.4 Å². The molecule has 1 aliphatic heterocycles. The first-order valence-electron chi connectivity index (χ1n) is 7.51. The van der Waals surface area contributed by atoms with Crippen molar-refractivity contribution >= 4 is 0 Å². The third-order valence-corrected chi connectivity index (χ3v) is 4.65. The summed E-state index contributed by atoms with van der Waals surface area (Å²) < 4.78 is 22.9. The number of fused-ring (bicyclic) bond motifs is 2. The zero-order valence-corrected chi connectivity index (χ0v) is 12.5. The summed E-state index contributed by atoms with van der Waals surface area (Å²) in [6, 6.07) is 0. The van der Waals surface area contributed by atoms with Gasteiger partial charge >= 0.3 is 0 Å². The molecule has 0 N–H and O–H groups in total. The summed E-state index contributed by atoms with van der Waals surface area (Å²) in [7, 11) is 5.30. The highest BCUT2D eigenvalue weighted by Gasteiger charge is 2.48. The van der Waals surface area contributed by atoms with Gasteiger partial charge in [-0.25, -0.2) is 0 Å². The second-order valence-corrected chi connectivity index (χ2v) is 5.74. The maximum absolute atomic E-state index is 6.12. The average molecular weight is 272 g/mol. The second-order valence-electron chi connectivity index (χ2n) is 5.74. The van der Waals surface area contributed by atoms with E-state index in [0.717, 1.165) is 19.4 Å². The summed E-state index contributed by atoms with van der Waals surface area (Å²) in [6.45, 7) is 0.731. The maximum Gasteiger partial charge on any atom is 0.163 e. The standard InChI is InChI=1S/C15H28O4/c1-16-10-11-12-8-6-4-5-7-9-13(17-2)14(11)15(18-3)19-12/h11-15H,4-10H2,1-3H3/t11-,12+,13+,14+,15+/m0/s1. The van der Waals surface area contributed by atoms with Crippen molar-refractivity contribution in [1.82, 2.24) is 0 Å². The molecular formula is C15H28O4. The molecule has 0 unspecified atom stereocenters. The van der Waals surface area contributed by atoms with Gasteiger partial charge in [0, 0.05) is 33.2 Å². The summed E-state index contributed by atoms with van der Waals surface area (Å²) in [5.41, 5.74) is 0. The summed E-state index contributed by atoms with van der Waals surface area (Å²) in [5, 5.41) is 0. The fourth-order valence-corrected chi connectivity index (χ4v) is 3.68. The fourth-order valence-electron chi connectivity index (χ4n) is 3.68. The molecule has 2 bridgehead atoms. The van der Waals surface area contributed by atoms with Crippen molar-refractivity contribution in [3.63, 3.8) is 0 Å². The van der Waals surface area contributed by atoms with Crippen molar-refractivity contribution in [3.05, 3.63) is 0 Å². The van der Waals surface area contributed by atoms with E-state index in [2.05, 4.69) is 0 Å². The zero-order valence-electron chi connectivity index (χ0n) is 12.5. The van der Waals surface area contributed by atoms with Gasteiger partial charge < -0.3 is 18.9 Å². The molecule has 0 aromatic rings. The highest BCUT2D eigenvalue weighted by atomic mass is 16.7. The molecule has 0 spiro atoms. The van der Waals surface area contributed by atoms with Crippen molar-refractivity contribution in [2.75, 3.05) is 27.9 Å². The molecule has 2 rings (SSSR count). The monoisotopic (exact) mass is 272 g/mol. The first-order chi connectivity index (χ1) is 9.31. The van der Waals surface area contributed by atoms with E-state index in [9.17, 15) is 0 Å². The van der Waals surface area contributed by atoms with Crippen LogP contribution in [0.2, 0.25) is 0 Å². The minimum Gasteiger partial charge on any atom is -0.384 e. The molecule has 0 radical (unpaired) electrons. The highest BCUT2D eigenvalue weighted by Crippen LogP contribution is 2.40. The highest BCUT2D eigenvalue weighted by molar-refractivity contribution is 4.91. The van der Waals surface area contributed by atoms with E-state index in [1.54, 1.807) is 21.3 Å². The molecule has 4 heteroatoms. The van der Waals surface area contributed by atoms with E-state index in [1.165, 1.54) is 25.7 Å². The Morgan fingerprint density at radius 1 is 0.947 bits per heavy atom. The molecule has 0 aromatic carbocycles. The van der Waals surface area contributed by atoms with Gasteiger partial charge in [0.25, 0.3) is 0 Å². The van der Waals surface area contributed by atoms with Gasteiger partial charge in [0.2, 0.25) is 0 Å². The summed E-state index contributed by atoms with van der Waals surface area (Å²) in [4.78, 5) is 0. The number of hydrogen-bond donors (Lipinski definition) is 0. The SMILES string of the molecule is COC[C@@H]1[C@H]2[C@H](OC)O[C@@H]1CCCCCC[C@H]2OC. The van der Waals surface area contributed by atoms with E-state index in [0.29, 0.717) is 5.92 Å². The number of ether oxygens (including phenoxy) is 4. The Kier molecular flexibility index (Phi) is 6.07. The Hall–Kier alpha value is -0.160. The summed E-state index contributed by atoms with van der Waals surface area (Å²) in [6.07, 6.45) is 7.59. The van der Waals surface area contributed by atoms with Crippen molar-refractivity contribution in [2.24, 2.45) is 11.8 Å². The predicted octanol–water partition coefficient (Wildman–Crippen LogP) is 2.61. The Morgan fingerprint density at radius 2 is 1.68 bits per heavy atom. The lowest BCUT2D eigenvalue weighted by Gasteiger charge is -2.30. The smallest absolute Gasteiger partial charge is 0.163 e. The molecule has 1 saturated carbocycles. The lowest BCUT2D eigenvalue weighted by atomic mass is 9.81. The van der Waals surface area contributed by atoms with E-state index >= 15 is 0 Å². The van der Waals surface area contributed by atoms with Crippen molar-refractivity contribution in [3.8, 4) is 0 Å². The van der Waals surface area contributed by atoms with Crippen LogP contribution in [0.25, 0.3) is 0 Å². The van der Waals surface area contributed by atoms with Crippen LogP contribution >= 0.6 is 0 Å². The lowest BCUT2D eigenvalue weighted by Crippen LogP contribution is -2.37. The van der Waals surface area contributed by atoms with Crippen molar-refractivity contribution < 1.29 is 18.9 Å².